The predicted octanol–water partition coefficient (Wildman–Crippen LogP) is 1.73. The number of nitrogens with one attached hydrogen (secondary N) is 1. The van der Waals surface area contributed by atoms with Gasteiger partial charge >= 0.3 is 0 Å². The lowest BCUT2D eigenvalue weighted by Gasteiger charge is -2.19. The highest BCUT2D eigenvalue weighted by Gasteiger charge is 2.00. The van der Waals surface area contributed by atoms with E-state index >= 15 is 0 Å². The van der Waals surface area contributed by atoms with Crippen LogP contribution in [0.1, 0.15) is 33.1 Å². The molecule has 1 N–H and O–H groups in total. The van der Waals surface area contributed by atoms with E-state index in [4.69, 9.17) is 4.74 Å². The lowest BCUT2D eigenvalue weighted by molar-refractivity contribution is 0.198. The van der Waals surface area contributed by atoms with Crippen LogP contribution in [0.5, 0.6) is 0 Å². The standard InChI is InChI=1S/C12H28N2O/c1-4-6-10-14(5-2)11-7-8-13-9-12-15-3/h13H,4-12H2,1-3H3. The molecule has 0 atom stereocenters. The smallest absolute Gasteiger partial charge is 0.0587 e. The minimum absolute atomic E-state index is 0.813. The molecule has 0 fully saturated rings. The van der Waals surface area contributed by atoms with Crippen molar-refractivity contribution in [2.24, 2.45) is 0 Å². The average Bonchev–Trinajstić information content (AvgIpc) is 2.27. The number of rotatable bonds is 11. The largest absolute Gasteiger partial charge is 0.383 e. The molecule has 3 heteroatoms. The first-order valence-corrected chi connectivity index (χ1v) is 6.27. The van der Waals surface area contributed by atoms with E-state index in [2.05, 4.69) is 24.1 Å². The first-order valence-electron chi connectivity index (χ1n) is 6.27. The van der Waals surface area contributed by atoms with E-state index in [0.29, 0.717) is 0 Å². The third kappa shape index (κ3) is 10.2. The summed E-state index contributed by atoms with van der Waals surface area (Å²) in [4.78, 5) is 2.53. The van der Waals surface area contributed by atoms with Gasteiger partial charge in [0.25, 0.3) is 0 Å². The van der Waals surface area contributed by atoms with Crippen molar-refractivity contribution in [2.75, 3.05) is 46.4 Å². The van der Waals surface area contributed by atoms with E-state index in [1.807, 2.05) is 0 Å². The van der Waals surface area contributed by atoms with Crippen molar-refractivity contribution in [2.45, 2.75) is 33.1 Å². The van der Waals surface area contributed by atoms with Crippen molar-refractivity contribution in [1.82, 2.24) is 10.2 Å². The second kappa shape index (κ2) is 12.0. The first kappa shape index (κ1) is 14.9. The van der Waals surface area contributed by atoms with Crippen LogP contribution in [0, 0.1) is 0 Å². The molecule has 0 aliphatic heterocycles. The predicted molar refractivity (Wildman–Crippen MR) is 66.4 cm³/mol. The SMILES string of the molecule is CCCCN(CC)CCCNCCOC. The molecule has 3 nitrogen and oxygen atoms in total. The summed E-state index contributed by atoms with van der Waals surface area (Å²) < 4.78 is 4.97. The van der Waals surface area contributed by atoms with Crippen LogP contribution in [-0.4, -0.2) is 51.3 Å². The van der Waals surface area contributed by atoms with Gasteiger partial charge in [-0.1, -0.05) is 20.3 Å². The normalized spacial score (nSPS) is 11.2. The summed E-state index contributed by atoms with van der Waals surface area (Å²) in [5.74, 6) is 0. The van der Waals surface area contributed by atoms with Crippen LogP contribution in [0.15, 0.2) is 0 Å². The number of methoxy groups -OCH3 is 1. The minimum Gasteiger partial charge on any atom is -0.383 e. The van der Waals surface area contributed by atoms with Crippen LogP contribution in [0.3, 0.4) is 0 Å². The highest BCUT2D eigenvalue weighted by molar-refractivity contribution is 4.57. The van der Waals surface area contributed by atoms with E-state index in [1.54, 1.807) is 7.11 Å². The number of nitrogens with zero attached hydrogens (tertiary/aromatic N) is 1. The highest BCUT2D eigenvalue weighted by atomic mass is 16.5. The van der Waals surface area contributed by atoms with Crippen LogP contribution in [0.2, 0.25) is 0 Å². The fraction of sp³-hybridized carbons (Fsp3) is 1.00. The van der Waals surface area contributed by atoms with E-state index in [-0.39, 0.29) is 0 Å². The monoisotopic (exact) mass is 216 g/mol. The third-order valence-corrected chi connectivity index (χ3v) is 2.59. The molecule has 0 aliphatic carbocycles. The molecule has 0 unspecified atom stereocenters. The fourth-order valence-electron chi connectivity index (χ4n) is 1.54. The van der Waals surface area contributed by atoms with Crippen molar-refractivity contribution < 1.29 is 4.74 Å². The Labute approximate surface area is 95.2 Å². The Balaban J connectivity index is 3.22. The summed E-state index contributed by atoms with van der Waals surface area (Å²) in [6, 6.07) is 0. The summed E-state index contributed by atoms with van der Waals surface area (Å²) in [7, 11) is 1.74. The zero-order valence-corrected chi connectivity index (χ0v) is 10.7. The molecule has 15 heavy (non-hydrogen) atoms. The van der Waals surface area contributed by atoms with E-state index in [9.17, 15) is 0 Å². The molecule has 0 heterocycles. The second-order valence-corrected chi connectivity index (χ2v) is 3.88. The van der Waals surface area contributed by atoms with Crippen LogP contribution < -0.4 is 5.32 Å². The Morgan fingerprint density at radius 1 is 1.07 bits per heavy atom. The molecule has 92 valence electrons. The summed E-state index contributed by atoms with van der Waals surface area (Å²) in [5.41, 5.74) is 0. The van der Waals surface area contributed by atoms with Crippen molar-refractivity contribution in [1.29, 1.82) is 0 Å². The van der Waals surface area contributed by atoms with Crippen LogP contribution >= 0.6 is 0 Å². The molecule has 0 aliphatic rings. The van der Waals surface area contributed by atoms with Gasteiger partial charge in [-0.3, -0.25) is 0 Å². The lowest BCUT2D eigenvalue weighted by Crippen LogP contribution is -2.29. The number of hydrogen-bond donors (Lipinski definition) is 1. The maximum absolute atomic E-state index is 4.97. The maximum Gasteiger partial charge on any atom is 0.0587 e. The minimum atomic E-state index is 0.813. The maximum atomic E-state index is 4.97. The molecule has 0 aromatic carbocycles. The summed E-state index contributed by atoms with van der Waals surface area (Å²) in [6.45, 7) is 11.0. The van der Waals surface area contributed by atoms with Gasteiger partial charge in [0.1, 0.15) is 0 Å². The first-order chi connectivity index (χ1) is 7.35. The Hall–Kier alpha value is -0.120. The van der Waals surface area contributed by atoms with Gasteiger partial charge in [-0.2, -0.15) is 0 Å². The molecule has 0 saturated carbocycles. The summed E-state index contributed by atoms with van der Waals surface area (Å²) in [6.07, 6.45) is 3.86. The van der Waals surface area contributed by atoms with Crippen molar-refractivity contribution in [3.05, 3.63) is 0 Å². The van der Waals surface area contributed by atoms with Gasteiger partial charge in [0.2, 0.25) is 0 Å². The van der Waals surface area contributed by atoms with Crippen LogP contribution in [0.4, 0.5) is 0 Å². The van der Waals surface area contributed by atoms with Gasteiger partial charge in [0.15, 0.2) is 0 Å². The zero-order valence-electron chi connectivity index (χ0n) is 10.7. The molecular formula is C12H28N2O. The van der Waals surface area contributed by atoms with Crippen molar-refractivity contribution >= 4 is 0 Å². The summed E-state index contributed by atoms with van der Waals surface area (Å²) >= 11 is 0. The van der Waals surface area contributed by atoms with Crippen LogP contribution in [-0.2, 0) is 4.74 Å². The number of hydrogen-bond acceptors (Lipinski definition) is 3. The molecule has 0 saturated heterocycles. The molecule has 0 spiro atoms. The highest BCUT2D eigenvalue weighted by Crippen LogP contribution is 1.95. The summed E-state index contributed by atoms with van der Waals surface area (Å²) in [5, 5.41) is 3.37. The van der Waals surface area contributed by atoms with E-state index in [1.165, 1.54) is 38.9 Å². The van der Waals surface area contributed by atoms with Gasteiger partial charge in [0, 0.05) is 13.7 Å². The molecule has 0 bridgehead atoms. The van der Waals surface area contributed by atoms with E-state index in [0.717, 1.165) is 19.7 Å². The Kier molecular flexibility index (Phi) is 11.9. The van der Waals surface area contributed by atoms with Gasteiger partial charge in [-0.05, 0) is 39.0 Å². The Bertz CT molecular complexity index is 120. The topological polar surface area (TPSA) is 24.5 Å². The average molecular weight is 216 g/mol. The Morgan fingerprint density at radius 3 is 2.40 bits per heavy atom. The van der Waals surface area contributed by atoms with Crippen LogP contribution in [0.25, 0.3) is 0 Å². The quantitative estimate of drug-likeness (QED) is 0.532. The second-order valence-electron chi connectivity index (χ2n) is 3.88. The van der Waals surface area contributed by atoms with Crippen molar-refractivity contribution in [3.8, 4) is 0 Å². The molecule has 0 amide bonds. The van der Waals surface area contributed by atoms with Crippen molar-refractivity contribution in [3.63, 3.8) is 0 Å². The molecule has 0 aromatic rings. The molecule has 0 rings (SSSR count). The zero-order chi connectivity index (χ0) is 11.4. The third-order valence-electron chi connectivity index (χ3n) is 2.59. The van der Waals surface area contributed by atoms with Gasteiger partial charge in [-0.15, -0.1) is 0 Å². The Morgan fingerprint density at radius 2 is 1.80 bits per heavy atom. The van der Waals surface area contributed by atoms with E-state index < -0.39 is 0 Å². The van der Waals surface area contributed by atoms with Gasteiger partial charge < -0.3 is 15.0 Å². The lowest BCUT2D eigenvalue weighted by atomic mass is 10.3. The fourth-order valence-corrected chi connectivity index (χ4v) is 1.54. The van der Waals surface area contributed by atoms with Gasteiger partial charge in [-0.25, -0.2) is 0 Å². The van der Waals surface area contributed by atoms with Gasteiger partial charge in [0.05, 0.1) is 6.61 Å². The number of ether oxygens (including phenoxy) is 1. The molecule has 0 aromatic heterocycles. The number of unbranched alkanes of at least 4 members (excludes halogenated alkanes) is 1. The molecule has 0 radical (unpaired) electrons. The molecular weight excluding hydrogens is 188 g/mol.